The molecule has 1 heterocycles. The van der Waals surface area contributed by atoms with E-state index in [1.54, 1.807) is 0 Å². The molecule has 1 saturated heterocycles. The second-order valence-corrected chi connectivity index (χ2v) is 9.03. The molecule has 0 bridgehead atoms. The summed E-state index contributed by atoms with van der Waals surface area (Å²) in [6, 6.07) is 0. The van der Waals surface area contributed by atoms with Gasteiger partial charge in [0.2, 0.25) is 5.91 Å². The Balaban J connectivity index is 2.47. The third-order valence-corrected chi connectivity index (χ3v) is 5.83. The molecular weight excluding hydrogens is 324 g/mol. The van der Waals surface area contributed by atoms with E-state index in [0.717, 1.165) is 58.5 Å². The van der Waals surface area contributed by atoms with E-state index in [1.807, 2.05) is 0 Å². The molecule has 0 aliphatic carbocycles. The van der Waals surface area contributed by atoms with Crippen molar-refractivity contribution in [3.8, 4) is 0 Å². The Bertz CT molecular complexity index is 392. The molecule has 1 rings (SSSR count). The molecule has 0 aromatic carbocycles. The Hall–Kier alpha value is -0.610. The Morgan fingerprint density at radius 3 is 2.50 bits per heavy atom. The first-order chi connectivity index (χ1) is 12.3. The van der Waals surface area contributed by atoms with Gasteiger partial charge in [0.25, 0.3) is 0 Å². The van der Waals surface area contributed by atoms with Gasteiger partial charge in [0.15, 0.2) is 0 Å². The molecule has 0 spiro atoms. The zero-order chi connectivity index (χ0) is 19.6. The van der Waals surface area contributed by atoms with Crippen molar-refractivity contribution in [3.05, 3.63) is 0 Å². The summed E-state index contributed by atoms with van der Waals surface area (Å²) >= 11 is 0. The number of nitrogens with one attached hydrogen (secondary N) is 1. The summed E-state index contributed by atoms with van der Waals surface area (Å²) in [7, 11) is 0. The number of carbonyl (C=O) groups excluding carboxylic acids is 1. The van der Waals surface area contributed by atoms with E-state index in [4.69, 9.17) is 4.74 Å². The highest BCUT2D eigenvalue weighted by molar-refractivity contribution is 5.76. The van der Waals surface area contributed by atoms with E-state index in [0.29, 0.717) is 24.2 Å². The first-order valence-corrected chi connectivity index (χ1v) is 10.9. The summed E-state index contributed by atoms with van der Waals surface area (Å²) in [6.45, 7) is 18.2. The molecule has 1 aliphatic heterocycles. The number of hydrogen-bond acceptors (Lipinski definition) is 3. The molecule has 0 aromatic heterocycles. The van der Waals surface area contributed by atoms with Crippen molar-refractivity contribution in [1.82, 2.24) is 10.2 Å². The first kappa shape index (κ1) is 23.4. The van der Waals surface area contributed by atoms with Gasteiger partial charge in [-0.3, -0.25) is 4.79 Å². The fourth-order valence-electron chi connectivity index (χ4n) is 4.11. The maximum absolute atomic E-state index is 12.5. The Morgan fingerprint density at radius 2 is 1.92 bits per heavy atom. The molecule has 1 fully saturated rings. The van der Waals surface area contributed by atoms with Gasteiger partial charge in [-0.1, -0.05) is 34.1 Å². The Kier molecular flexibility index (Phi) is 10.8. The maximum atomic E-state index is 12.5. The van der Waals surface area contributed by atoms with E-state index >= 15 is 0 Å². The third kappa shape index (κ3) is 9.36. The van der Waals surface area contributed by atoms with Crippen LogP contribution in [0.1, 0.15) is 80.1 Å². The summed E-state index contributed by atoms with van der Waals surface area (Å²) in [5, 5.41) is 3.17. The van der Waals surface area contributed by atoms with Crippen molar-refractivity contribution >= 4 is 5.91 Å². The average molecular weight is 369 g/mol. The predicted octanol–water partition coefficient (Wildman–Crippen LogP) is 4.48. The van der Waals surface area contributed by atoms with Gasteiger partial charge in [-0.25, -0.2) is 0 Å². The number of rotatable bonds is 12. The molecule has 26 heavy (non-hydrogen) atoms. The monoisotopic (exact) mass is 368 g/mol. The smallest absolute Gasteiger partial charge is 0.220 e. The van der Waals surface area contributed by atoms with Crippen LogP contribution < -0.4 is 5.32 Å². The van der Waals surface area contributed by atoms with Gasteiger partial charge in [-0.2, -0.15) is 0 Å². The maximum Gasteiger partial charge on any atom is 0.220 e. The van der Waals surface area contributed by atoms with Gasteiger partial charge in [0.05, 0.1) is 5.60 Å². The second-order valence-electron chi connectivity index (χ2n) is 9.03. The highest BCUT2D eigenvalue weighted by Crippen LogP contribution is 2.37. The largest absolute Gasteiger partial charge is 0.376 e. The van der Waals surface area contributed by atoms with Gasteiger partial charge in [-0.05, 0) is 76.9 Å². The topological polar surface area (TPSA) is 41.6 Å². The fourth-order valence-corrected chi connectivity index (χ4v) is 4.11. The van der Waals surface area contributed by atoms with E-state index in [2.05, 4.69) is 51.8 Å². The van der Waals surface area contributed by atoms with E-state index < -0.39 is 0 Å². The molecule has 4 heteroatoms. The van der Waals surface area contributed by atoms with Crippen molar-refractivity contribution in [3.63, 3.8) is 0 Å². The lowest BCUT2D eigenvalue weighted by Gasteiger charge is -2.39. The van der Waals surface area contributed by atoms with Crippen LogP contribution in [0, 0.1) is 17.8 Å². The quantitative estimate of drug-likeness (QED) is 0.516. The van der Waals surface area contributed by atoms with Crippen molar-refractivity contribution in [2.24, 2.45) is 17.8 Å². The van der Waals surface area contributed by atoms with E-state index in [1.165, 1.54) is 6.42 Å². The van der Waals surface area contributed by atoms with Crippen LogP contribution in [0.3, 0.4) is 0 Å². The molecule has 0 saturated carbocycles. The molecule has 1 amide bonds. The Morgan fingerprint density at radius 1 is 1.23 bits per heavy atom. The first-order valence-electron chi connectivity index (χ1n) is 10.9. The highest BCUT2D eigenvalue weighted by Gasteiger charge is 2.34. The predicted molar refractivity (Wildman–Crippen MR) is 110 cm³/mol. The molecule has 1 N–H and O–H groups in total. The highest BCUT2D eigenvalue weighted by atomic mass is 16.5. The van der Waals surface area contributed by atoms with Gasteiger partial charge >= 0.3 is 0 Å². The number of hydrogen-bond donors (Lipinski definition) is 1. The molecule has 0 radical (unpaired) electrons. The van der Waals surface area contributed by atoms with Crippen LogP contribution in [-0.2, 0) is 9.53 Å². The number of ether oxygens (including phenoxy) is 1. The molecule has 4 nitrogen and oxygen atoms in total. The van der Waals surface area contributed by atoms with Crippen LogP contribution in [0.2, 0.25) is 0 Å². The van der Waals surface area contributed by atoms with Gasteiger partial charge in [-0.15, -0.1) is 0 Å². The van der Waals surface area contributed by atoms with Crippen LogP contribution >= 0.6 is 0 Å². The van der Waals surface area contributed by atoms with Gasteiger partial charge in [0, 0.05) is 19.6 Å². The minimum atomic E-state index is -0.0424. The zero-order valence-corrected chi connectivity index (χ0v) is 18.3. The fraction of sp³-hybridized carbons (Fsp3) is 0.955. The lowest BCUT2D eigenvalue weighted by atomic mass is 9.75. The lowest BCUT2D eigenvalue weighted by Crippen LogP contribution is -2.38. The van der Waals surface area contributed by atoms with Gasteiger partial charge in [0.1, 0.15) is 0 Å². The van der Waals surface area contributed by atoms with Crippen LogP contribution in [0.15, 0.2) is 0 Å². The second kappa shape index (κ2) is 12.0. The van der Waals surface area contributed by atoms with Crippen LogP contribution in [0.4, 0.5) is 0 Å². The SMILES string of the molecule is CCN(CC)CCCNC(=O)CC(CCC(C)C)C1CCOC(C)(C)C1. The number of carbonyl (C=O) groups is 1. The average Bonchev–Trinajstić information content (AvgIpc) is 2.57. The Labute approximate surface area is 162 Å². The van der Waals surface area contributed by atoms with E-state index in [9.17, 15) is 4.79 Å². The molecule has 2 unspecified atom stereocenters. The molecule has 1 aliphatic rings. The molecular formula is C22H44N2O2. The standard InChI is InChI=1S/C22H44N2O2/c1-7-24(8-2)14-9-13-23-21(25)16-19(11-10-18(3)4)20-12-15-26-22(5,6)17-20/h18-20H,7-17H2,1-6H3,(H,23,25). The number of nitrogens with zero attached hydrogens (tertiary/aromatic N) is 1. The van der Waals surface area contributed by atoms with Gasteiger partial charge < -0.3 is 15.0 Å². The molecule has 2 atom stereocenters. The molecule has 0 aromatic rings. The summed E-state index contributed by atoms with van der Waals surface area (Å²) in [5.41, 5.74) is -0.0424. The van der Waals surface area contributed by atoms with Crippen LogP contribution in [-0.4, -0.2) is 49.2 Å². The summed E-state index contributed by atoms with van der Waals surface area (Å²) in [5.74, 6) is 2.03. The third-order valence-electron chi connectivity index (χ3n) is 5.83. The summed E-state index contributed by atoms with van der Waals surface area (Å²) in [4.78, 5) is 14.9. The van der Waals surface area contributed by atoms with Crippen molar-refractivity contribution in [2.45, 2.75) is 85.7 Å². The normalized spacial score (nSPS) is 21.2. The van der Waals surface area contributed by atoms with Crippen molar-refractivity contribution in [2.75, 3.05) is 32.8 Å². The number of amides is 1. The zero-order valence-electron chi connectivity index (χ0n) is 18.3. The van der Waals surface area contributed by atoms with Crippen LogP contribution in [0.5, 0.6) is 0 Å². The minimum absolute atomic E-state index is 0.0424. The van der Waals surface area contributed by atoms with Crippen LogP contribution in [0.25, 0.3) is 0 Å². The summed E-state index contributed by atoms with van der Waals surface area (Å²) < 4.78 is 5.89. The summed E-state index contributed by atoms with van der Waals surface area (Å²) in [6.07, 6.45) is 6.25. The lowest BCUT2D eigenvalue weighted by molar-refractivity contribution is -0.124. The minimum Gasteiger partial charge on any atom is -0.376 e. The van der Waals surface area contributed by atoms with Crippen molar-refractivity contribution in [1.29, 1.82) is 0 Å². The van der Waals surface area contributed by atoms with E-state index in [-0.39, 0.29) is 11.5 Å². The van der Waals surface area contributed by atoms with Crippen molar-refractivity contribution < 1.29 is 9.53 Å². The molecule has 154 valence electrons.